The van der Waals surface area contributed by atoms with Crippen LogP contribution in [0.5, 0.6) is 0 Å². The van der Waals surface area contributed by atoms with Gasteiger partial charge in [-0.3, -0.25) is 10.1 Å². The first kappa shape index (κ1) is 10.5. The summed E-state index contributed by atoms with van der Waals surface area (Å²) in [7, 11) is 0. The first-order chi connectivity index (χ1) is 7.80. The summed E-state index contributed by atoms with van der Waals surface area (Å²) < 4.78 is 5.59. The van der Waals surface area contributed by atoms with Gasteiger partial charge in [-0.1, -0.05) is 12.8 Å². The van der Waals surface area contributed by atoms with Crippen LogP contribution in [0.3, 0.4) is 0 Å². The van der Waals surface area contributed by atoms with Gasteiger partial charge in [0.05, 0.1) is 18.3 Å². The molecule has 1 N–H and O–H groups in total. The third-order valence-corrected chi connectivity index (χ3v) is 4.21. The van der Waals surface area contributed by atoms with Crippen LogP contribution in [-0.2, 0) is 9.53 Å². The molecule has 16 heavy (non-hydrogen) atoms. The molecule has 1 unspecified atom stereocenters. The SMILES string of the molecule is O=C1N(CC2CCCO2)CNC12CCCC2. The van der Waals surface area contributed by atoms with E-state index in [2.05, 4.69) is 5.32 Å². The number of rotatable bonds is 2. The Morgan fingerprint density at radius 2 is 2.19 bits per heavy atom. The zero-order valence-corrected chi connectivity index (χ0v) is 9.71. The van der Waals surface area contributed by atoms with Crippen LogP contribution in [0.1, 0.15) is 38.5 Å². The summed E-state index contributed by atoms with van der Waals surface area (Å²) >= 11 is 0. The zero-order valence-electron chi connectivity index (χ0n) is 9.71. The molecule has 1 spiro atoms. The minimum atomic E-state index is -0.196. The van der Waals surface area contributed by atoms with Crippen molar-refractivity contribution in [2.24, 2.45) is 0 Å². The van der Waals surface area contributed by atoms with Crippen molar-refractivity contribution in [2.45, 2.75) is 50.2 Å². The fourth-order valence-electron chi connectivity index (χ4n) is 3.25. The Balaban J connectivity index is 1.63. The zero-order chi connectivity index (χ0) is 11.0. The molecule has 2 heterocycles. The quantitative estimate of drug-likeness (QED) is 0.756. The van der Waals surface area contributed by atoms with E-state index >= 15 is 0 Å². The minimum absolute atomic E-state index is 0.196. The van der Waals surface area contributed by atoms with Gasteiger partial charge in [-0.05, 0) is 25.7 Å². The third kappa shape index (κ3) is 1.64. The number of nitrogens with zero attached hydrogens (tertiary/aromatic N) is 1. The maximum atomic E-state index is 12.3. The van der Waals surface area contributed by atoms with Crippen molar-refractivity contribution in [2.75, 3.05) is 19.8 Å². The van der Waals surface area contributed by atoms with Crippen molar-refractivity contribution < 1.29 is 9.53 Å². The Kier molecular flexibility index (Phi) is 2.64. The largest absolute Gasteiger partial charge is 0.376 e. The van der Waals surface area contributed by atoms with Crippen molar-refractivity contribution in [3.8, 4) is 0 Å². The van der Waals surface area contributed by atoms with E-state index in [0.29, 0.717) is 5.91 Å². The molecule has 0 aromatic carbocycles. The molecule has 0 bridgehead atoms. The molecule has 2 saturated heterocycles. The number of hydrogen-bond acceptors (Lipinski definition) is 3. The molecule has 4 nitrogen and oxygen atoms in total. The molecule has 1 atom stereocenters. The summed E-state index contributed by atoms with van der Waals surface area (Å²) in [5.74, 6) is 0.320. The fraction of sp³-hybridized carbons (Fsp3) is 0.917. The van der Waals surface area contributed by atoms with Crippen LogP contribution >= 0.6 is 0 Å². The summed E-state index contributed by atoms with van der Waals surface area (Å²) in [5.41, 5.74) is -0.196. The molecular formula is C12H20N2O2. The van der Waals surface area contributed by atoms with Crippen LogP contribution in [0.25, 0.3) is 0 Å². The lowest BCUT2D eigenvalue weighted by Crippen LogP contribution is -2.44. The number of carbonyl (C=O) groups excluding carboxylic acids is 1. The summed E-state index contributed by atoms with van der Waals surface area (Å²) in [4.78, 5) is 14.3. The molecule has 0 aromatic heterocycles. The van der Waals surface area contributed by atoms with Gasteiger partial charge in [0, 0.05) is 13.2 Å². The summed E-state index contributed by atoms with van der Waals surface area (Å²) in [5, 5.41) is 3.43. The highest BCUT2D eigenvalue weighted by Crippen LogP contribution is 2.34. The van der Waals surface area contributed by atoms with Crippen LogP contribution in [0, 0.1) is 0 Å². The molecule has 0 aromatic rings. The summed E-state index contributed by atoms with van der Waals surface area (Å²) in [6, 6.07) is 0. The molecule has 1 amide bonds. The summed E-state index contributed by atoms with van der Waals surface area (Å²) in [6.45, 7) is 2.37. The summed E-state index contributed by atoms with van der Waals surface area (Å²) in [6.07, 6.45) is 6.95. The van der Waals surface area contributed by atoms with Crippen LogP contribution < -0.4 is 5.32 Å². The number of nitrogens with one attached hydrogen (secondary N) is 1. The topological polar surface area (TPSA) is 41.6 Å². The van der Waals surface area contributed by atoms with E-state index in [9.17, 15) is 4.79 Å². The van der Waals surface area contributed by atoms with Crippen LogP contribution in [-0.4, -0.2) is 42.3 Å². The number of ether oxygens (including phenoxy) is 1. The normalized spacial score (nSPS) is 33.1. The van der Waals surface area contributed by atoms with Crippen LogP contribution in [0.2, 0.25) is 0 Å². The van der Waals surface area contributed by atoms with Gasteiger partial charge in [-0.2, -0.15) is 0 Å². The Morgan fingerprint density at radius 3 is 2.88 bits per heavy atom. The predicted molar refractivity (Wildman–Crippen MR) is 59.9 cm³/mol. The van der Waals surface area contributed by atoms with Gasteiger partial charge in [0.15, 0.2) is 0 Å². The second-order valence-electron chi connectivity index (χ2n) is 5.29. The average Bonchev–Trinajstić information content (AvgIpc) is 2.99. The van der Waals surface area contributed by atoms with Gasteiger partial charge in [-0.15, -0.1) is 0 Å². The van der Waals surface area contributed by atoms with E-state index in [1.165, 1.54) is 12.8 Å². The van der Waals surface area contributed by atoms with E-state index in [-0.39, 0.29) is 11.6 Å². The lowest BCUT2D eigenvalue weighted by Gasteiger charge is -2.23. The highest BCUT2D eigenvalue weighted by molar-refractivity contribution is 5.88. The number of carbonyl (C=O) groups is 1. The average molecular weight is 224 g/mol. The van der Waals surface area contributed by atoms with Crippen molar-refractivity contribution in [3.05, 3.63) is 0 Å². The molecule has 4 heteroatoms. The molecule has 1 saturated carbocycles. The second-order valence-corrected chi connectivity index (χ2v) is 5.29. The number of amides is 1. The van der Waals surface area contributed by atoms with E-state index < -0.39 is 0 Å². The maximum Gasteiger partial charge on any atom is 0.244 e. The monoisotopic (exact) mass is 224 g/mol. The highest BCUT2D eigenvalue weighted by Gasteiger charge is 2.48. The van der Waals surface area contributed by atoms with Crippen LogP contribution in [0.4, 0.5) is 0 Å². The first-order valence-corrected chi connectivity index (χ1v) is 6.46. The van der Waals surface area contributed by atoms with Gasteiger partial charge in [0.1, 0.15) is 0 Å². The van der Waals surface area contributed by atoms with Gasteiger partial charge in [0.25, 0.3) is 0 Å². The van der Waals surface area contributed by atoms with Gasteiger partial charge in [-0.25, -0.2) is 0 Å². The molecular weight excluding hydrogens is 204 g/mol. The van der Waals surface area contributed by atoms with Gasteiger partial charge in [0.2, 0.25) is 5.91 Å². The first-order valence-electron chi connectivity index (χ1n) is 6.46. The lowest BCUT2D eigenvalue weighted by atomic mass is 9.98. The maximum absolute atomic E-state index is 12.3. The standard InChI is InChI=1S/C12H20N2O2/c15-11-12(5-1-2-6-12)13-9-14(11)8-10-4-3-7-16-10/h10,13H,1-9H2. The van der Waals surface area contributed by atoms with E-state index in [1.807, 2.05) is 4.90 Å². The fourth-order valence-corrected chi connectivity index (χ4v) is 3.25. The predicted octanol–water partition coefficient (Wildman–Crippen LogP) is 0.867. The van der Waals surface area contributed by atoms with Crippen molar-refractivity contribution in [3.63, 3.8) is 0 Å². The highest BCUT2D eigenvalue weighted by atomic mass is 16.5. The smallest absolute Gasteiger partial charge is 0.244 e. The van der Waals surface area contributed by atoms with E-state index in [1.54, 1.807) is 0 Å². The molecule has 90 valence electrons. The molecule has 1 aliphatic carbocycles. The van der Waals surface area contributed by atoms with Gasteiger partial charge < -0.3 is 9.64 Å². The minimum Gasteiger partial charge on any atom is -0.376 e. The van der Waals surface area contributed by atoms with Crippen LogP contribution in [0.15, 0.2) is 0 Å². The van der Waals surface area contributed by atoms with Crippen molar-refractivity contribution in [1.82, 2.24) is 10.2 Å². The second kappa shape index (κ2) is 4.00. The number of hydrogen-bond donors (Lipinski definition) is 1. The Bertz CT molecular complexity index is 281. The van der Waals surface area contributed by atoms with Gasteiger partial charge >= 0.3 is 0 Å². The Morgan fingerprint density at radius 1 is 1.38 bits per heavy atom. The third-order valence-electron chi connectivity index (χ3n) is 4.21. The van der Waals surface area contributed by atoms with E-state index in [0.717, 1.165) is 45.5 Å². The van der Waals surface area contributed by atoms with Crippen molar-refractivity contribution in [1.29, 1.82) is 0 Å². The van der Waals surface area contributed by atoms with E-state index in [4.69, 9.17) is 4.74 Å². The van der Waals surface area contributed by atoms with Crippen molar-refractivity contribution >= 4 is 5.91 Å². The molecule has 0 radical (unpaired) electrons. The Hall–Kier alpha value is -0.610. The molecule has 2 aliphatic heterocycles. The molecule has 3 fully saturated rings. The Labute approximate surface area is 96.3 Å². The lowest BCUT2D eigenvalue weighted by molar-refractivity contribution is -0.133. The molecule has 3 aliphatic rings. The molecule has 3 rings (SSSR count).